The van der Waals surface area contributed by atoms with Gasteiger partial charge in [-0.05, 0) is 25.7 Å². The minimum atomic E-state index is -0.575. The zero-order valence-electron chi connectivity index (χ0n) is 11.6. The third-order valence-corrected chi connectivity index (χ3v) is 4.29. The number of aromatic nitrogens is 1. The van der Waals surface area contributed by atoms with Gasteiger partial charge in [0.1, 0.15) is 11.5 Å². The zero-order chi connectivity index (χ0) is 15.0. The Balaban J connectivity index is 1.86. The number of carbonyl (C=O) groups excluding carboxylic acids is 1. The number of hydrogen-bond donors (Lipinski definition) is 2. The minimum absolute atomic E-state index is 0.0630. The van der Waals surface area contributed by atoms with Gasteiger partial charge in [-0.2, -0.15) is 0 Å². The molecule has 0 unspecified atom stereocenters. The third kappa shape index (κ3) is 2.58. The van der Waals surface area contributed by atoms with Crippen LogP contribution in [0, 0.1) is 5.82 Å². The maximum atomic E-state index is 13.4. The highest BCUT2D eigenvalue weighted by Gasteiger charge is 2.38. The van der Waals surface area contributed by atoms with E-state index in [0.29, 0.717) is 31.4 Å². The number of aliphatic hydroxyl groups excluding tert-OH is 1. The highest BCUT2D eigenvalue weighted by Crippen LogP contribution is 2.37. The first-order chi connectivity index (χ1) is 10.0. The predicted octanol–water partition coefficient (Wildman–Crippen LogP) is 0.578. The van der Waals surface area contributed by atoms with Gasteiger partial charge >= 0.3 is 0 Å². The average molecular weight is 295 g/mol. The number of amides is 1. The van der Waals surface area contributed by atoms with Crippen LogP contribution in [0.4, 0.5) is 10.1 Å². The van der Waals surface area contributed by atoms with Crippen molar-refractivity contribution in [3.05, 3.63) is 18.1 Å². The Bertz CT molecular complexity index is 558. The Kier molecular flexibility index (Phi) is 3.54. The molecule has 1 aliphatic carbocycles. The predicted molar refractivity (Wildman–Crippen MR) is 73.4 cm³/mol. The van der Waals surface area contributed by atoms with E-state index < -0.39 is 11.4 Å². The second-order valence-electron chi connectivity index (χ2n) is 5.78. The molecule has 1 aromatic rings. The molecule has 0 atom stereocenters. The van der Waals surface area contributed by atoms with Gasteiger partial charge in [0.2, 0.25) is 5.88 Å². The quantitative estimate of drug-likeness (QED) is 0.833. The second-order valence-corrected chi connectivity index (χ2v) is 5.78. The fourth-order valence-electron chi connectivity index (χ4n) is 3.03. The molecule has 3 N–H and O–H groups in total. The average Bonchev–Trinajstić information content (AvgIpc) is 2.48. The molecule has 0 saturated heterocycles. The maximum Gasteiger partial charge on any atom is 0.265 e. The van der Waals surface area contributed by atoms with Gasteiger partial charge in [0.25, 0.3) is 5.91 Å². The number of aliphatic hydroxyl groups is 1. The van der Waals surface area contributed by atoms with Crippen LogP contribution in [0.25, 0.3) is 0 Å². The molecule has 1 amide bonds. The van der Waals surface area contributed by atoms with E-state index >= 15 is 0 Å². The van der Waals surface area contributed by atoms with Crippen molar-refractivity contribution in [3.8, 4) is 5.88 Å². The van der Waals surface area contributed by atoms with Crippen molar-refractivity contribution in [2.24, 2.45) is 5.73 Å². The van der Waals surface area contributed by atoms with Crippen LogP contribution in [-0.4, -0.2) is 40.8 Å². The van der Waals surface area contributed by atoms with Gasteiger partial charge in [0.05, 0.1) is 12.8 Å². The first-order valence-electron chi connectivity index (χ1n) is 7.02. The molecule has 1 aliphatic heterocycles. The molecule has 0 radical (unpaired) electrons. The SMILES string of the molecule is N[C@]1(CO)CC[C@@H](N2C(=O)COc3ncc(F)cc32)CC1. The maximum absolute atomic E-state index is 13.4. The van der Waals surface area contributed by atoms with Gasteiger partial charge in [-0.25, -0.2) is 9.37 Å². The molecule has 1 fully saturated rings. The van der Waals surface area contributed by atoms with Gasteiger partial charge in [0, 0.05) is 17.6 Å². The summed E-state index contributed by atoms with van der Waals surface area (Å²) in [5.41, 5.74) is 5.86. The number of rotatable bonds is 2. The van der Waals surface area contributed by atoms with Crippen molar-refractivity contribution in [2.45, 2.75) is 37.3 Å². The van der Waals surface area contributed by atoms with E-state index in [-0.39, 0.29) is 31.0 Å². The van der Waals surface area contributed by atoms with E-state index in [1.807, 2.05) is 0 Å². The number of ether oxygens (including phenoxy) is 1. The van der Waals surface area contributed by atoms with Crippen LogP contribution in [0.5, 0.6) is 5.88 Å². The molecule has 1 aromatic heterocycles. The fourth-order valence-corrected chi connectivity index (χ4v) is 3.03. The normalized spacial score (nSPS) is 29.0. The van der Waals surface area contributed by atoms with Crippen molar-refractivity contribution in [1.82, 2.24) is 4.98 Å². The van der Waals surface area contributed by atoms with Gasteiger partial charge in [0.15, 0.2) is 6.61 Å². The smallest absolute Gasteiger partial charge is 0.265 e. The number of nitrogens with two attached hydrogens (primary N) is 1. The molecule has 6 nitrogen and oxygen atoms in total. The number of carbonyl (C=O) groups is 1. The molecule has 0 bridgehead atoms. The molecular formula is C14H18FN3O3. The summed E-state index contributed by atoms with van der Waals surface area (Å²) < 4.78 is 18.7. The fraction of sp³-hybridized carbons (Fsp3) is 0.571. The van der Waals surface area contributed by atoms with Gasteiger partial charge in [-0.15, -0.1) is 0 Å². The van der Waals surface area contributed by atoms with Crippen LogP contribution < -0.4 is 15.4 Å². The number of hydrogen-bond acceptors (Lipinski definition) is 5. The zero-order valence-corrected chi connectivity index (χ0v) is 11.6. The van der Waals surface area contributed by atoms with Crippen molar-refractivity contribution in [1.29, 1.82) is 0 Å². The van der Waals surface area contributed by atoms with Crippen LogP contribution in [0.3, 0.4) is 0 Å². The van der Waals surface area contributed by atoms with E-state index in [4.69, 9.17) is 10.5 Å². The highest BCUT2D eigenvalue weighted by molar-refractivity contribution is 5.97. The van der Waals surface area contributed by atoms with Crippen molar-refractivity contribution < 1.29 is 19.0 Å². The Morgan fingerprint density at radius 3 is 2.90 bits per heavy atom. The van der Waals surface area contributed by atoms with Crippen LogP contribution in [-0.2, 0) is 4.79 Å². The van der Waals surface area contributed by atoms with Crippen molar-refractivity contribution in [3.63, 3.8) is 0 Å². The summed E-state index contributed by atoms with van der Waals surface area (Å²) in [5.74, 6) is -0.424. The van der Waals surface area contributed by atoms with E-state index in [2.05, 4.69) is 4.98 Å². The topological polar surface area (TPSA) is 88.7 Å². The molecule has 3 rings (SSSR count). The summed E-state index contributed by atoms with van der Waals surface area (Å²) in [6, 6.07) is 1.21. The summed E-state index contributed by atoms with van der Waals surface area (Å²) in [6.45, 7) is -0.153. The molecule has 7 heteroatoms. The minimum Gasteiger partial charge on any atom is -0.466 e. The van der Waals surface area contributed by atoms with Crippen LogP contribution in [0.1, 0.15) is 25.7 Å². The summed E-state index contributed by atoms with van der Waals surface area (Å²) in [6.07, 6.45) is 3.65. The second kappa shape index (κ2) is 5.23. The van der Waals surface area contributed by atoms with Crippen LogP contribution in [0.15, 0.2) is 12.3 Å². The molecule has 0 spiro atoms. The van der Waals surface area contributed by atoms with E-state index in [1.165, 1.54) is 6.07 Å². The van der Waals surface area contributed by atoms with E-state index in [1.54, 1.807) is 4.90 Å². The Hall–Kier alpha value is -1.73. The Labute approximate surface area is 121 Å². The lowest BCUT2D eigenvalue weighted by molar-refractivity contribution is -0.122. The summed E-state index contributed by atoms with van der Waals surface area (Å²) >= 11 is 0. The highest BCUT2D eigenvalue weighted by atomic mass is 19.1. The number of nitrogens with zero attached hydrogens (tertiary/aromatic N) is 2. The summed E-state index contributed by atoms with van der Waals surface area (Å²) in [7, 11) is 0. The van der Waals surface area contributed by atoms with Gasteiger partial charge < -0.3 is 20.5 Å². The molecule has 21 heavy (non-hydrogen) atoms. The monoisotopic (exact) mass is 295 g/mol. The third-order valence-electron chi connectivity index (χ3n) is 4.29. The summed E-state index contributed by atoms with van der Waals surface area (Å²) in [4.78, 5) is 17.6. The van der Waals surface area contributed by atoms with Crippen molar-refractivity contribution >= 4 is 11.6 Å². The number of fused-ring (bicyclic) bond motifs is 1. The number of pyridine rings is 1. The first kappa shape index (κ1) is 14.2. The van der Waals surface area contributed by atoms with Gasteiger partial charge in [-0.1, -0.05) is 0 Å². The Morgan fingerprint density at radius 1 is 1.52 bits per heavy atom. The molecule has 0 aromatic carbocycles. The van der Waals surface area contributed by atoms with Crippen molar-refractivity contribution in [2.75, 3.05) is 18.1 Å². The van der Waals surface area contributed by atoms with Crippen LogP contribution >= 0.6 is 0 Å². The molecule has 114 valence electrons. The van der Waals surface area contributed by atoms with E-state index in [9.17, 15) is 14.3 Å². The molecule has 2 aliphatic rings. The number of anilines is 1. The lowest BCUT2D eigenvalue weighted by Gasteiger charge is -2.42. The van der Waals surface area contributed by atoms with E-state index in [0.717, 1.165) is 6.20 Å². The molecule has 1 saturated carbocycles. The van der Waals surface area contributed by atoms with Crippen LogP contribution in [0.2, 0.25) is 0 Å². The lowest BCUT2D eigenvalue weighted by Crippen LogP contribution is -2.53. The molecular weight excluding hydrogens is 277 g/mol. The number of halogens is 1. The Morgan fingerprint density at radius 2 is 2.24 bits per heavy atom. The summed E-state index contributed by atoms with van der Waals surface area (Å²) in [5, 5.41) is 9.31. The largest absolute Gasteiger partial charge is 0.466 e. The van der Waals surface area contributed by atoms with Gasteiger partial charge in [-0.3, -0.25) is 4.79 Å². The standard InChI is InChI=1S/C14H18FN3O3/c15-9-5-11-13(17-6-9)21-7-12(20)18(11)10-1-3-14(16,8-19)4-2-10/h5-6,10,19H,1-4,7-8,16H2/t10-,14-. The molecule has 2 heterocycles. The lowest BCUT2D eigenvalue weighted by atomic mass is 9.80. The first-order valence-corrected chi connectivity index (χ1v) is 7.02.